The third-order valence-electron chi connectivity index (χ3n) is 4.48. The number of nitrogens with one attached hydrogen (secondary N) is 1. The zero-order valence-electron chi connectivity index (χ0n) is 14.6. The summed E-state index contributed by atoms with van der Waals surface area (Å²) in [6.45, 7) is 6.26. The van der Waals surface area contributed by atoms with E-state index in [1.807, 2.05) is 30.5 Å². The summed E-state index contributed by atoms with van der Waals surface area (Å²) in [5.41, 5.74) is 5.23. The van der Waals surface area contributed by atoms with Crippen LogP contribution in [0.3, 0.4) is 0 Å². The molecule has 1 aliphatic heterocycles. The summed E-state index contributed by atoms with van der Waals surface area (Å²) >= 11 is 1.35. The SMILES string of the molecule is Cc1ccc([C@H]2CN(C(=O)C(C)(C)NC(=O)c3cccs3)C[C@@H]2N)o1. The topological polar surface area (TPSA) is 88.6 Å². The zero-order chi connectivity index (χ0) is 18.2. The first-order chi connectivity index (χ1) is 11.8. The highest BCUT2D eigenvalue weighted by atomic mass is 32.1. The molecule has 2 aromatic heterocycles. The van der Waals surface area contributed by atoms with E-state index in [2.05, 4.69) is 5.32 Å². The van der Waals surface area contributed by atoms with Gasteiger partial charge in [-0.15, -0.1) is 11.3 Å². The minimum absolute atomic E-state index is 0.0264. The molecule has 0 aromatic carbocycles. The van der Waals surface area contributed by atoms with Gasteiger partial charge in [-0.3, -0.25) is 9.59 Å². The number of hydrogen-bond donors (Lipinski definition) is 2. The first kappa shape index (κ1) is 17.7. The van der Waals surface area contributed by atoms with Crippen molar-refractivity contribution in [2.24, 2.45) is 5.73 Å². The molecule has 1 aliphatic rings. The third kappa shape index (κ3) is 3.62. The Bertz CT molecular complexity index is 766. The lowest BCUT2D eigenvalue weighted by Crippen LogP contribution is -2.55. The summed E-state index contributed by atoms with van der Waals surface area (Å²) in [6.07, 6.45) is 0. The van der Waals surface area contributed by atoms with Gasteiger partial charge in [0.25, 0.3) is 5.91 Å². The average molecular weight is 361 g/mol. The van der Waals surface area contributed by atoms with Gasteiger partial charge in [0.05, 0.1) is 10.8 Å². The van der Waals surface area contributed by atoms with Crippen LogP contribution in [-0.4, -0.2) is 41.4 Å². The summed E-state index contributed by atoms with van der Waals surface area (Å²) < 4.78 is 5.68. The van der Waals surface area contributed by atoms with Crippen molar-refractivity contribution in [2.75, 3.05) is 13.1 Å². The fraction of sp³-hybridized carbons (Fsp3) is 0.444. The van der Waals surface area contributed by atoms with Gasteiger partial charge in [-0.2, -0.15) is 0 Å². The Morgan fingerprint density at radius 3 is 2.68 bits per heavy atom. The quantitative estimate of drug-likeness (QED) is 0.873. The highest BCUT2D eigenvalue weighted by molar-refractivity contribution is 7.12. The molecule has 2 amide bonds. The third-order valence-corrected chi connectivity index (χ3v) is 5.35. The van der Waals surface area contributed by atoms with Crippen molar-refractivity contribution >= 4 is 23.2 Å². The first-order valence-corrected chi connectivity index (χ1v) is 9.13. The molecule has 0 aliphatic carbocycles. The van der Waals surface area contributed by atoms with Gasteiger partial charge in [-0.25, -0.2) is 0 Å². The maximum atomic E-state index is 12.9. The van der Waals surface area contributed by atoms with Crippen molar-refractivity contribution < 1.29 is 14.0 Å². The molecule has 0 radical (unpaired) electrons. The van der Waals surface area contributed by atoms with Gasteiger partial charge in [0.1, 0.15) is 17.1 Å². The van der Waals surface area contributed by atoms with Gasteiger partial charge in [-0.1, -0.05) is 6.07 Å². The highest BCUT2D eigenvalue weighted by Crippen LogP contribution is 2.29. The molecule has 2 atom stereocenters. The fourth-order valence-electron chi connectivity index (χ4n) is 3.15. The molecule has 3 heterocycles. The standard InChI is InChI=1S/C18H23N3O3S/c1-11-6-7-14(24-11)12-9-21(10-13(12)19)17(23)18(2,3)20-16(22)15-5-4-8-25-15/h4-8,12-13H,9-10,19H2,1-3H3,(H,20,22)/t12-,13-/m0/s1. The molecular formula is C18H23N3O3S. The summed E-state index contributed by atoms with van der Waals surface area (Å²) in [5.74, 6) is 1.23. The Kier molecular flexibility index (Phi) is 4.71. The van der Waals surface area contributed by atoms with Crippen LogP contribution in [0, 0.1) is 6.92 Å². The van der Waals surface area contributed by atoms with Crippen LogP contribution in [0.2, 0.25) is 0 Å². The lowest BCUT2D eigenvalue weighted by Gasteiger charge is -2.30. The molecule has 25 heavy (non-hydrogen) atoms. The van der Waals surface area contributed by atoms with Crippen LogP contribution >= 0.6 is 11.3 Å². The second-order valence-electron chi connectivity index (χ2n) is 6.99. The van der Waals surface area contributed by atoms with E-state index in [-0.39, 0.29) is 23.8 Å². The number of furan rings is 1. The summed E-state index contributed by atoms with van der Waals surface area (Å²) in [6, 6.07) is 7.18. The van der Waals surface area contributed by atoms with Crippen LogP contribution < -0.4 is 11.1 Å². The predicted molar refractivity (Wildman–Crippen MR) is 96.6 cm³/mol. The molecule has 6 nitrogen and oxygen atoms in total. The number of rotatable bonds is 4. The minimum atomic E-state index is -1.01. The van der Waals surface area contributed by atoms with Crippen LogP contribution in [0.25, 0.3) is 0 Å². The van der Waals surface area contributed by atoms with E-state index in [4.69, 9.17) is 10.2 Å². The maximum absolute atomic E-state index is 12.9. The van der Waals surface area contributed by atoms with Crippen molar-refractivity contribution in [2.45, 2.75) is 38.3 Å². The minimum Gasteiger partial charge on any atom is -0.466 e. The number of amides is 2. The van der Waals surface area contributed by atoms with Crippen molar-refractivity contribution in [1.82, 2.24) is 10.2 Å². The van der Waals surface area contributed by atoms with Gasteiger partial charge < -0.3 is 20.4 Å². The van der Waals surface area contributed by atoms with Crippen LogP contribution in [0.5, 0.6) is 0 Å². The van der Waals surface area contributed by atoms with Gasteiger partial charge in [-0.05, 0) is 44.4 Å². The number of carbonyl (C=O) groups excluding carboxylic acids is 2. The molecule has 0 spiro atoms. The van der Waals surface area contributed by atoms with Crippen LogP contribution in [-0.2, 0) is 4.79 Å². The van der Waals surface area contributed by atoms with Crippen molar-refractivity contribution in [3.63, 3.8) is 0 Å². The summed E-state index contributed by atoms with van der Waals surface area (Å²) in [5, 5.41) is 4.66. The Balaban J connectivity index is 1.68. The molecule has 1 fully saturated rings. The number of aryl methyl sites for hydroxylation is 1. The van der Waals surface area contributed by atoms with Gasteiger partial charge in [0.15, 0.2) is 0 Å². The number of nitrogens with zero attached hydrogens (tertiary/aromatic N) is 1. The second kappa shape index (κ2) is 6.65. The van der Waals surface area contributed by atoms with E-state index in [9.17, 15) is 9.59 Å². The zero-order valence-corrected chi connectivity index (χ0v) is 15.4. The number of hydrogen-bond acceptors (Lipinski definition) is 5. The number of thiophene rings is 1. The molecule has 2 aromatic rings. The summed E-state index contributed by atoms with van der Waals surface area (Å²) in [4.78, 5) is 27.5. The predicted octanol–water partition coefficient (Wildman–Crippen LogP) is 2.11. The molecule has 0 bridgehead atoms. The van der Waals surface area contributed by atoms with Gasteiger partial charge in [0.2, 0.25) is 5.91 Å². The van der Waals surface area contributed by atoms with E-state index in [1.165, 1.54) is 11.3 Å². The van der Waals surface area contributed by atoms with Crippen LogP contribution in [0.4, 0.5) is 0 Å². The molecule has 1 saturated heterocycles. The average Bonchev–Trinajstić information content (AvgIpc) is 3.26. The van der Waals surface area contributed by atoms with Crippen molar-refractivity contribution in [1.29, 1.82) is 0 Å². The normalized spacial score (nSPS) is 20.7. The number of likely N-dealkylation sites (tertiary alicyclic amines) is 1. The Labute approximate surface area is 151 Å². The Morgan fingerprint density at radius 1 is 1.32 bits per heavy atom. The molecule has 3 N–H and O–H groups in total. The monoisotopic (exact) mass is 361 g/mol. The largest absolute Gasteiger partial charge is 0.466 e. The van der Waals surface area contributed by atoms with E-state index >= 15 is 0 Å². The Morgan fingerprint density at radius 2 is 2.08 bits per heavy atom. The van der Waals surface area contributed by atoms with E-state index in [0.29, 0.717) is 18.0 Å². The van der Waals surface area contributed by atoms with Crippen molar-refractivity contribution in [3.8, 4) is 0 Å². The molecule has 3 rings (SSSR count). The van der Waals surface area contributed by atoms with Gasteiger partial charge >= 0.3 is 0 Å². The lowest BCUT2D eigenvalue weighted by atomic mass is 10.0. The molecule has 134 valence electrons. The molecule has 0 unspecified atom stereocenters. The highest BCUT2D eigenvalue weighted by Gasteiger charge is 2.41. The Hall–Kier alpha value is -2.12. The number of carbonyl (C=O) groups is 2. The van der Waals surface area contributed by atoms with Crippen LogP contribution in [0.1, 0.15) is 41.0 Å². The molecule has 7 heteroatoms. The second-order valence-corrected chi connectivity index (χ2v) is 7.93. The lowest BCUT2D eigenvalue weighted by molar-refractivity contribution is -0.135. The fourth-order valence-corrected chi connectivity index (χ4v) is 3.77. The maximum Gasteiger partial charge on any atom is 0.262 e. The van der Waals surface area contributed by atoms with E-state index in [0.717, 1.165) is 11.5 Å². The van der Waals surface area contributed by atoms with E-state index in [1.54, 1.807) is 24.8 Å². The van der Waals surface area contributed by atoms with Crippen molar-refractivity contribution in [3.05, 3.63) is 46.0 Å². The number of nitrogens with two attached hydrogens (primary N) is 1. The van der Waals surface area contributed by atoms with Gasteiger partial charge in [0, 0.05) is 19.1 Å². The smallest absolute Gasteiger partial charge is 0.262 e. The molecular weight excluding hydrogens is 338 g/mol. The van der Waals surface area contributed by atoms with Crippen LogP contribution in [0.15, 0.2) is 34.1 Å². The first-order valence-electron chi connectivity index (χ1n) is 8.25. The van der Waals surface area contributed by atoms with E-state index < -0.39 is 5.54 Å². The molecule has 0 saturated carbocycles. The summed E-state index contributed by atoms with van der Waals surface area (Å²) in [7, 11) is 0.